The number of nitrogens with one attached hydrogen (secondary N) is 2. The van der Waals surface area contributed by atoms with E-state index in [0.29, 0.717) is 10.6 Å². The highest BCUT2D eigenvalue weighted by atomic mass is 32.1. The van der Waals surface area contributed by atoms with Gasteiger partial charge in [-0.15, -0.1) is 0 Å². The number of hydrogen-bond donors (Lipinski definition) is 2. The maximum absolute atomic E-state index is 13.3. The molecule has 1 amide bonds. The molecule has 1 unspecified atom stereocenters. The van der Waals surface area contributed by atoms with E-state index in [1.807, 2.05) is 18.5 Å². The van der Waals surface area contributed by atoms with Crippen molar-refractivity contribution < 1.29 is 9.18 Å². The Kier molecular flexibility index (Phi) is 5.80. The van der Waals surface area contributed by atoms with E-state index in [-0.39, 0.29) is 18.3 Å². The molecule has 0 aliphatic rings. The van der Waals surface area contributed by atoms with Crippen LogP contribution in [0.15, 0.2) is 36.7 Å². The summed E-state index contributed by atoms with van der Waals surface area (Å²) in [5.41, 5.74) is 0.739. The Balaban J connectivity index is 1.85. The van der Waals surface area contributed by atoms with Crippen LogP contribution in [0.25, 0.3) is 0 Å². The van der Waals surface area contributed by atoms with E-state index in [2.05, 4.69) is 20.5 Å². The summed E-state index contributed by atoms with van der Waals surface area (Å²) in [6.45, 7) is 2.08. The highest BCUT2D eigenvalue weighted by Crippen LogP contribution is 2.21. The zero-order valence-corrected chi connectivity index (χ0v) is 16.0. The molecular weight excluding hydrogens is 367 g/mol. The van der Waals surface area contributed by atoms with Crippen LogP contribution in [0.3, 0.4) is 0 Å². The first-order valence-corrected chi connectivity index (χ1v) is 9.06. The first-order valence-electron chi connectivity index (χ1n) is 8.65. The summed E-state index contributed by atoms with van der Waals surface area (Å²) in [4.78, 5) is 17.1. The molecule has 2 N–H and O–H groups in total. The first-order chi connectivity index (χ1) is 13.0. The lowest BCUT2D eigenvalue weighted by Crippen LogP contribution is -2.34. The van der Waals surface area contributed by atoms with Crippen LogP contribution in [-0.2, 0) is 24.8 Å². The number of nitrogens with zero attached hydrogens (tertiary/aromatic N) is 4. The molecule has 0 saturated carbocycles. The van der Waals surface area contributed by atoms with Gasteiger partial charge in [0, 0.05) is 25.9 Å². The number of aryl methyl sites for hydroxylation is 2. The Labute approximate surface area is 161 Å². The van der Waals surface area contributed by atoms with Gasteiger partial charge in [-0.05, 0) is 36.3 Å². The summed E-state index contributed by atoms with van der Waals surface area (Å²) in [7, 11) is 1.84. The van der Waals surface area contributed by atoms with Crippen molar-refractivity contribution in [1.82, 2.24) is 29.6 Å². The molecule has 142 valence electrons. The standard InChI is InChI=1S/C18H21FN6OS/c1-3-4-14-22-23-18(27)25(14)11-15(26)21-16(17-20-9-10-24(17)2)12-5-7-13(19)8-6-12/h5-10,16H,3-4,11H2,1-2H3,(H,21,26)(H,23,27). The van der Waals surface area contributed by atoms with Crippen molar-refractivity contribution in [2.45, 2.75) is 32.4 Å². The molecule has 2 aromatic heterocycles. The summed E-state index contributed by atoms with van der Waals surface area (Å²) in [5.74, 6) is 0.826. The molecule has 0 aliphatic heterocycles. The van der Waals surface area contributed by atoms with Gasteiger partial charge in [0.05, 0.1) is 0 Å². The highest BCUT2D eigenvalue weighted by molar-refractivity contribution is 7.71. The minimum atomic E-state index is -0.506. The van der Waals surface area contributed by atoms with Crippen LogP contribution < -0.4 is 5.32 Å². The Morgan fingerprint density at radius 1 is 1.37 bits per heavy atom. The molecule has 0 saturated heterocycles. The maximum Gasteiger partial charge on any atom is 0.240 e. The van der Waals surface area contributed by atoms with E-state index in [1.165, 1.54) is 12.1 Å². The lowest BCUT2D eigenvalue weighted by atomic mass is 10.1. The summed E-state index contributed by atoms with van der Waals surface area (Å²) >= 11 is 5.23. The highest BCUT2D eigenvalue weighted by Gasteiger charge is 2.21. The van der Waals surface area contributed by atoms with Gasteiger partial charge in [0.15, 0.2) is 4.77 Å². The van der Waals surface area contributed by atoms with E-state index in [9.17, 15) is 9.18 Å². The van der Waals surface area contributed by atoms with Crippen LogP contribution >= 0.6 is 12.2 Å². The number of carbonyl (C=O) groups excluding carboxylic acids is 1. The van der Waals surface area contributed by atoms with Crippen molar-refractivity contribution in [3.8, 4) is 0 Å². The van der Waals surface area contributed by atoms with Gasteiger partial charge in [0.1, 0.15) is 30.1 Å². The Morgan fingerprint density at radius 3 is 2.74 bits per heavy atom. The van der Waals surface area contributed by atoms with Crippen LogP contribution in [0.1, 0.15) is 36.6 Å². The fraction of sp³-hybridized carbons (Fsp3) is 0.333. The van der Waals surface area contributed by atoms with Crippen molar-refractivity contribution in [2.24, 2.45) is 7.05 Å². The topological polar surface area (TPSA) is 80.5 Å². The molecule has 1 aromatic carbocycles. The largest absolute Gasteiger partial charge is 0.341 e. The van der Waals surface area contributed by atoms with Gasteiger partial charge in [0.2, 0.25) is 5.91 Å². The average Bonchev–Trinajstić information content (AvgIpc) is 3.21. The number of halogens is 1. The molecule has 1 atom stereocenters. The quantitative estimate of drug-likeness (QED) is 0.610. The number of rotatable bonds is 7. The van der Waals surface area contributed by atoms with Gasteiger partial charge in [-0.25, -0.2) is 9.37 Å². The minimum Gasteiger partial charge on any atom is -0.341 e. The van der Waals surface area contributed by atoms with Crippen LogP contribution in [0, 0.1) is 10.6 Å². The van der Waals surface area contributed by atoms with Crippen LogP contribution in [0.2, 0.25) is 0 Å². The average molecular weight is 388 g/mol. The SMILES string of the molecule is CCCc1n[nH]c(=S)n1CC(=O)NC(c1ccc(F)cc1)c1nccn1C. The van der Waals surface area contributed by atoms with Gasteiger partial charge in [-0.2, -0.15) is 5.10 Å². The monoisotopic (exact) mass is 388 g/mol. The lowest BCUT2D eigenvalue weighted by Gasteiger charge is -2.19. The number of carbonyl (C=O) groups is 1. The Morgan fingerprint density at radius 2 is 2.11 bits per heavy atom. The number of imidazole rings is 1. The minimum absolute atomic E-state index is 0.0484. The second-order valence-corrected chi connectivity index (χ2v) is 6.62. The number of hydrogen-bond acceptors (Lipinski definition) is 4. The fourth-order valence-corrected chi connectivity index (χ4v) is 3.10. The van der Waals surface area contributed by atoms with E-state index in [0.717, 1.165) is 24.2 Å². The van der Waals surface area contributed by atoms with Crippen molar-refractivity contribution >= 4 is 18.1 Å². The zero-order chi connectivity index (χ0) is 19.4. The van der Waals surface area contributed by atoms with Crippen molar-refractivity contribution in [1.29, 1.82) is 0 Å². The third-order valence-electron chi connectivity index (χ3n) is 4.24. The summed E-state index contributed by atoms with van der Waals surface area (Å²) in [6, 6.07) is 5.50. The molecule has 2 heterocycles. The summed E-state index contributed by atoms with van der Waals surface area (Å²) in [5, 5.41) is 9.89. The molecule has 7 nitrogen and oxygen atoms in total. The molecule has 3 aromatic rings. The summed E-state index contributed by atoms with van der Waals surface area (Å²) < 4.78 is 17.2. The number of amides is 1. The Hall–Kier alpha value is -2.81. The molecule has 27 heavy (non-hydrogen) atoms. The molecule has 0 spiro atoms. The van der Waals surface area contributed by atoms with Gasteiger partial charge < -0.3 is 9.88 Å². The second kappa shape index (κ2) is 8.26. The fourth-order valence-electron chi connectivity index (χ4n) is 2.89. The van der Waals surface area contributed by atoms with Crippen molar-refractivity contribution in [3.05, 3.63) is 64.5 Å². The second-order valence-electron chi connectivity index (χ2n) is 6.23. The van der Waals surface area contributed by atoms with Gasteiger partial charge in [-0.3, -0.25) is 14.5 Å². The van der Waals surface area contributed by atoms with E-state index < -0.39 is 6.04 Å². The van der Waals surface area contributed by atoms with Crippen LogP contribution in [-0.4, -0.2) is 30.2 Å². The van der Waals surface area contributed by atoms with Crippen LogP contribution in [0.4, 0.5) is 4.39 Å². The summed E-state index contributed by atoms with van der Waals surface area (Å²) in [6.07, 6.45) is 5.07. The molecule has 0 aliphatic carbocycles. The first kappa shape index (κ1) is 19.0. The van der Waals surface area contributed by atoms with E-state index >= 15 is 0 Å². The number of aromatic nitrogens is 5. The van der Waals surface area contributed by atoms with Crippen molar-refractivity contribution in [2.75, 3.05) is 0 Å². The molecule has 0 bridgehead atoms. The molecule has 0 fully saturated rings. The predicted octanol–water partition coefficient (Wildman–Crippen LogP) is 2.67. The maximum atomic E-state index is 13.3. The van der Waals surface area contributed by atoms with E-state index in [1.54, 1.807) is 29.1 Å². The predicted molar refractivity (Wildman–Crippen MR) is 101 cm³/mol. The number of H-pyrrole nitrogens is 1. The number of aromatic amines is 1. The third-order valence-corrected chi connectivity index (χ3v) is 4.55. The van der Waals surface area contributed by atoms with Gasteiger partial charge in [0.25, 0.3) is 0 Å². The third kappa shape index (κ3) is 4.30. The normalized spacial score (nSPS) is 12.1. The molecule has 9 heteroatoms. The van der Waals surface area contributed by atoms with Crippen molar-refractivity contribution in [3.63, 3.8) is 0 Å². The Bertz CT molecular complexity index is 974. The zero-order valence-electron chi connectivity index (χ0n) is 15.1. The number of benzene rings is 1. The molecular formula is C18H21FN6OS. The van der Waals surface area contributed by atoms with Gasteiger partial charge >= 0.3 is 0 Å². The molecule has 0 radical (unpaired) electrons. The van der Waals surface area contributed by atoms with E-state index in [4.69, 9.17) is 12.2 Å². The smallest absolute Gasteiger partial charge is 0.240 e. The lowest BCUT2D eigenvalue weighted by molar-refractivity contribution is -0.122. The molecule has 3 rings (SSSR count). The van der Waals surface area contributed by atoms with Crippen LogP contribution in [0.5, 0.6) is 0 Å². The van der Waals surface area contributed by atoms with Gasteiger partial charge in [-0.1, -0.05) is 19.1 Å².